The van der Waals surface area contributed by atoms with Gasteiger partial charge in [-0.25, -0.2) is 9.59 Å². The van der Waals surface area contributed by atoms with Crippen LogP contribution in [0.4, 0.5) is 10.5 Å². The van der Waals surface area contributed by atoms with E-state index in [2.05, 4.69) is 10.6 Å². The molecule has 0 spiro atoms. The smallest absolute Gasteiger partial charge is 0.338 e. The zero-order valence-corrected chi connectivity index (χ0v) is 18.6. The molecule has 2 N–H and O–H groups in total. The fraction of sp³-hybridized carbons (Fsp3) is 0.227. The van der Waals surface area contributed by atoms with Crippen molar-refractivity contribution in [3.05, 3.63) is 65.4 Å². The first kappa shape index (κ1) is 21.3. The fourth-order valence-corrected chi connectivity index (χ4v) is 4.44. The quantitative estimate of drug-likeness (QED) is 0.511. The van der Waals surface area contributed by atoms with Crippen LogP contribution in [0.5, 0.6) is 0 Å². The Labute approximate surface area is 188 Å². The highest BCUT2D eigenvalue weighted by Gasteiger charge is 2.42. The van der Waals surface area contributed by atoms with E-state index in [1.807, 2.05) is 55.0 Å². The summed E-state index contributed by atoms with van der Waals surface area (Å²) >= 11 is 3.18. The molecule has 0 saturated heterocycles. The molecule has 0 fully saturated rings. The molecule has 2 aromatic rings. The van der Waals surface area contributed by atoms with E-state index in [9.17, 15) is 14.4 Å². The van der Waals surface area contributed by atoms with Crippen molar-refractivity contribution in [3.8, 4) is 0 Å². The van der Waals surface area contributed by atoms with Gasteiger partial charge in [0.05, 0.1) is 17.3 Å². The summed E-state index contributed by atoms with van der Waals surface area (Å²) in [5.74, 6) is -0.839. The van der Waals surface area contributed by atoms with E-state index in [0.717, 1.165) is 15.4 Å². The van der Waals surface area contributed by atoms with Crippen LogP contribution >= 0.6 is 23.5 Å². The predicted octanol–water partition coefficient (Wildman–Crippen LogP) is 3.65. The molecular weight excluding hydrogens is 434 g/mol. The van der Waals surface area contributed by atoms with Crippen molar-refractivity contribution in [2.24, 2.45) is 0 Å². The van der Waals surface area contributed by atoms with Gasteiger partial charge in [-0.15, -0.1) is 23.5 Å². The molecule has 2 aromatic carbocycles. The molecule has 0 bridgehead atoms. The molecule has 0 aliphatic carbocycles. The van der Waals surface area contributed by atoms with Crippen LogP contribution < -0.4 is 10.6 Å². The van der Waals surface area contributed by atoms with Crippen LogP contribution in [0.25, 0.3) is 0 Å². The number of carbonyl (C=O) groups excluding carboxylic acids is 3. The first-order valence-corrected chi connectivity index (χ1v) is 12.0. The molecule has 2 aliphatic rings. The van der Waals surface area contributed by atoms with Gasteiger partial charge in [0, 0.05) is 15.5 Å². The molecule has 9 heteroatoms. The summed E-state index contributed by atoms with van der Waals surface area (Å²) in [6.45, 7) is -0.251. The standard InChI is InChI=1S/C22H21N3O4S2/c1-30-15-8-6-13(7-9-15)20-19-17(12-29-21(19)27)25(22(28)24-20)11-18(26)23-14-4-3-5-16(10-14)31-2/h3-10,20H,11-12H2,1-2H3,(H,23,26)(H,24,28). The second-order valence-corrected chi connectivity index (χ2v) is 8.72. The third-order valence-corrected chi connectivity index (χ3v) is 6.57. The lowest BCUT2D eigenvalue weighted by molar-refractivity contribution is -0.136. The molecule has 2 aliphatic heterocycles. The molecule has 4 rings (SSSR count). The van der Waals surface area contributed by atoms with Gasteiger partial charge in [-0.2, -0.15) is 0 Å². The Kier molecular flexibility index (Phi) is 6.24. The number of hydrogen-bond donors (Lipinski definition) is 2. The molecule has 1 atom stereocenters. The maximum Gasteiger partial charge on any atom is 0.338 e. The van der Waals surface area contributed by atoms with Crippen LogP contribution in [-0.4, -0.2) is 48.5 Å². The molecule has 1 unspecified atom stereocenters. The molecular formula is C22H21N3O4S2. The lowest BCUT2D eigenvalue weighted by atomic mass is 9.96. The Morgan fingerprint density at radius 1 is 1.13 bits per heavy atom. The van der Waals surface area contributed by atoms with Crippen molar-refractivity contribution >= 4 is 47.1 Å². The number of cyclic esters (lactones) is 1. The predicted molar refractivity (Wildman–Crippen MR) is 121 cm³/mol. The summed E-state index contributed by atoms with van der Waals surface area (Å²) in [4.78, 5) is 41.3. The summed E-state index contributed by atoms with van der Waals surface area (Å²) < 4.78 is 5.22. The van der Waals surface area contributed by atoms with Gasteiger partial charge in [0.15, 0.2) is 0 Å². The van der Waals surface area contributed by atoms with Crippen molar-refractivity contribution < 1.29 is 19.1 Å². The van der Waals surface area contributed by atoms with Crippen molar-refractivity contribution in [2.45, 2.75) is 15.8 Å². The minimum absolute atomic E-state index is 0.0315. The number of carbonyl (C=O) groups is 3. The lowest BCUT2D eigenvalue weighted by Crippen LogP contribution is -2.49. The minimum atomic E-state index is -0.606. The van der Waals surface area contributed by atoms with Crippen LogP contribution in [0.1, 0.15) is 11.6 Å². The van der Waals surface area contributed by atoms with Gasteiger partial charge in [0.25, 0.3) is 0 Å². The SMILES string of the molecule is CSc1ccc(C2NC(=O)N(CC(=O)Nc3cccc(SC)c3)C3=C2C(=O)OC3)cc1. The Morgan fingerprint density at radius 3 is 2.58 bits per heavy atom. The maximum atomic E-state index is 12.9. The van der Waals surface area contributed by atoms with Crippen molar-refractivity contribution in [1.29, 1.82) is 0 Å². The molecule has 0 saturated carbocycles. The summed E-state index contributed by atoms with van der Waals surface area (Å²) in [7, 11) is 0. The number of urea groups is 1. The van der Waals surface area contributed by atoms with Crippen LogP contribution in [0, 0.1) is 0 Å². The number of nitrogens with zero attached hydrogens (tertiary/aromatic N) is 1. The van der Waals surface area contributed by atoms with Gasteiger partial charge in [0.2, 0.25) is 5.91 Å². The average molecular weight is 456 g/mol. The summed E-state index contributed by atoms with van der Waals surface area (Å²) in [5.41, 5.74) is 2.24. The van der Waals surface area contributed by atoms with Gasteiger partial charge in [0.1, 0.15) is 13.2 Å². The van der Waals surface area contributed by atoms with E-state index in [-0.39, 0.29) is 19.1 Å². The summed E-state index contributed by atoms with van der Waals surface area (Å²) in [6, 6.07) is 14.0. The van der Waals surface area contributed by atoms with Gasteiger partial charge in [-0.3, -0.25) is 9.69 Å². The molecule has 3 amide bonds. The Hall–Kier alpha value is -2.91. The first-order valence-electron chi connectivity index (χ1n) is 9.56. The molecule has 0 aromatic heterocycles. The van der Waals surface area contributed by atoms with Gasteiger partial charge in [-0.05, 0) is 48.4 Å². The highest BCUT2D eigenvalue weighted by atomic mass is 32.2. The molecule has 31 heavy (non-hydrogen) atoms. The van der Waals surface area contributed by atoms with Gasteiger partial charge in [-0.1, -0.05) is 18.2 Å². The van der Waals surface area contributed by atoms with Crippen LogP contribution in [0.3, 0.4) is 0 Å². The van der Waals surface area contributed by atoms with E-state index < -0.39 is 18.0 Å². The number of anilines is 1. The third-order valence-electron chi connectivity index (χ3n) is 5.10. The number of rotatable bonds is 6. The normalized spacial score (nSPS) is 17.9. The topological polar surface area (TPSA) is 87.7 Å². The third kappa shape index (κ3) is 4.42. The number of esters is 1. The van der Waals surface area contributed by atoms with Crippen molar-refractivity contribution in [1.82, 2.24) is 10.2 Å². The Balaban J connectivity index is 1.56. The lowest BCUT2D eigenvalue weighted by Gasteiger charge is -2.32. The Bertz CT molecular complexity index is 1070. The minimum Gasteiger partial charge on any atom is -0.456 e. The number of hydrogen-bond acceptors (Lipinski definition) is 6. The maximum absolute atomic E-state index is 12.9. The van der Waals surface area contributed by atoms with Crippen LogP contribution in [0.2, 0.25) is 0 Å². The van der Waals surface area contributed by atoms with Crippen molar-refractivity contribution in [2.75, 3.05) is 31.0 Å². The zero-order chi connectivity index (χ0) is 22.0. The monoisotopic (exact) mass is 455 g/mol. The zero-order valence-electron chi connectivity index (χ0n) is 17.0. The fourth-order valence-electron chi connectivity index (χ4n) is 3.57. The largest absolute Gasteiger partial charge is 0.456 e. The second-order valence-electron chi connectivity index (χ2n) is 6.96. The highest BCUT2D eigenvalue weighted by Crippen LogP contribution is 2.35. The molecule has 7 nitrogen and oxygen atoms in total. The van der Waals surface area contributed by atoms with E-state index in [4.69, 9.17) is 4.74 Å². The molecule has 0 radical (unpaired) electrons. The van der Waals surface area contributed by atoms with Gasteiger partial charge < -0.3 is 15.4 Å². The number of benzene rings is 2. The van der Waals surface area contributed by atoms with Gasteiger partial charge >= 0.3 is 12.0 Å². The number of thioether (sulfide) groups is 2. The summed E-state index contributed by atoms with van der Waals surface area (Å²) in [6.07, 6.45) is 3.93. The summed E-state index contributed by atoms with van der Waals surface area (Å²) in [5, 5.41) is 5.65. The van der Waals surface area contributed by atoms with Crippen LogP contribution in [-0.2, 0) is 14.3 Å². The van der Waals surface area contributed by atoms with E-state index >= 15 is 0 Å². The number of ether oxygens (including phenoxy) is 1. The van der Waals surface area contributed by atoms with E-state index in [0.29, 0.717) is 17.0 Å². The van der Waals surface area contributed by atoms with E-state index in [1.165, 1.54) is 4.90 Å². The van der Waals surface area contributed by atoms with Crippen molar-refractivity contribution in [3.63, 3.8) is 0 Å². The molecule has 2 heterocycles. The number of nitrogens with one attached hydrogen (secondary N) is 2. The first-order chi connectivity index (χ1) is 15.0. The Morgan fingerprint density at radius 2 is 1.87 bits per heavy atom. The van der Waals surface area contributed by atoms with E-state index in [1.54, 1.807) is 29.6 Å². The number of amides is 3. The molecule has 160 valence electrons. The highest BCUT2D eigenvalue weighted by molar-refractivity contribution is 7.98. The average Bonchev–Trinajstić information content (AvgIpc) is 3.17. The van der Waals surface area contributed by atoms with Crippen LogP contribution in [0.15, 0.2) is 69.6 Å². The second kappa shape index (κ2) is 9.07.